The molecule has 8 heteroatoms. The van der Waals surface area contributed by atoms with Crippen LogP contribution in [0, 0.1) is 5.92 Å². The van der Waals surface area contributed by atoms with E-state index < -0.39 is 5.76 Å². The van der Waals surface area contributed by atoms with Crippen LogP contribution in [0.2, 0.25) is 0 Å². The Morgan fingerprint density at radius 2 is 1.81 bits per heavy atom. The van der Waals surface area contributed by atoms with E-state index in [2.05, 4.69) is 25.1 Å². The molecule has 1 saturated carbocycles. The highest BCUT2D eigenvalue weighted by Gasteiger charge is 2.29. The SMILES string of the molecule is O=C(Nc1ccc(-c2onc3ccc(-c4noc(=O)[nH]4)cc23)cc1)C1CC1. The molecule has 1 fully saturated rings. The van der Waals surface area contributed by atoms with Crippen LogP contribution < -0.4 is 11.1 Å². The van der Waals surface area contributed by atoms with E-state index in [1.807, 2.05) is 30.3 Å². The Morgan fingerprint density at radius 3 is 2.52 bits per heavy atom. The van der Waals surface area contributed by atoms with Gasteiger partial charge in [0.1, 0.15) is 5.52 Å². The molecule has 1 amide bonds. The highest BCUT2D eigenvalue weighted by Crippen LogP contribution is 2.33. The molecule has 0 radical (unpaired) electrons. The van der Waals surface area contributed by atoms with E-state index in [-0.39, 0.29) is 11.8 Å². The minimum absolute atomic E-state index is 0.0686. The number of nitrogens with zero attached hydrogens (tertiary/aromatic N) is 2. The Bertz CT molecular complexity index is 1200. The van der Waals surface area contributed by atoms with Crippen molar-refractivity contribution in [2.45, 2.75) is 12.8 Å². The molecule has 8 nitrogen and oxygen atoms in total. The zero-order chi connectivity index (χ0) is 18.4. The fraction of sp³-hybridized carbons (Fsp3) is 0.158. The molecule has 0 atom stereocenters. The van der Waals surface area contributed by atoms with Crippen LogP contribution >= 0.6 is 0 Å². The lowest BCUT2D eigenvalue weighted by Gasteiger charge is -2.05. The molecule has 134 valence electrons. The monoisotopic (exact) mass is 362 g/mol. The fourth-order valence-electron chi connectivity index (χ4n) is 2.95. The summed E-state index contributed by atoms with van der Waals surface area (Å²) in [7, 11) is 0. The van der Waals surface area contributed by atoms with E-state index in [1.165, 1.54) is 0 Å². The Kier molecular flexibility index (Phi) is 3.43. The number of amides is 1. The van der Waals surface area contributed by atoms with Gasteiger partial charge in [0.15, 0.2) is 11.6 Å². The average molecular weight is 362 g/mol. The van der Waals surface area contributed by atoms with E-state index in [0.717, 1.165) is 29.5 Å². The molecule has 1 aliphatic rings. The van der Waals surface area contributed by atoms with Gasteiger partial charge in [0.05, 0.1) is 5.39 Å². The fourth-order valence-corrected chi connectivity index (χ4v) is 2.95. The maximum atomic E-state index is 11.9. The first-order chi connectivity index (χ1) is 13.2. The number of rotatable bonds is 4. The van der Waals surface area contributed by atoms with E-state index in [9.17, 15) is 9.59 Å². The van der Waals surface area contributed by atoms with Crippen LogP contribution in [0.15, 0.2) is 56.3 Å². The standard InChI is InChI=1S/C19H14N4O4/c24-18(11-1-2-11)20-13-6-3-10(4-7-13)16-14-9-12(5-8-15(14)22-26-16)17-21-19(25)27-23-17/h3-9,11H,1-2H2,(H,20,24)(H,21,23,25). The number of carbonyl (C=O) groups is 1. The molecule has 0 aliphatic heterocycles. The van der Waals surface area contributed by atoms with Crippen LogP contribution in [0.25, 0.3) is 33.6 Å². The maximum Gasteiger partial charge on any atom is 0.439 e. The summed E-state index contributed by atoms with van der Waals surface area (Å²) in [6.45, 7) is 0. The number of carbonyl (C=O) groups excluding carboxylic acids is 1. The highest BCUT2D eigenvalue weighted by atomic mass is 16.5. The summed E-state index contributed by atoms with van der Waals surface area (Å²) in [5.74, 6) is 0.549. The molecular formula is C19H14N4O4. The lowest BCUT2D eigenvalue weighted by Crippen LogP contribution is -2.12. The molecule has 27 heavy (non-hydrogen) atoms. The molecule has 2 heterocycles. The van der Waals surface area contributed by atoms with Gasteiger partial charge in [-0.25, -0.2) is 4.79 Å². The van der Waals surface area contributed by atoms with Crippen LogP contribution in [-0.2, 0) is 4.79 Å². The van der Waals surface area contributed by atoms with Crippen molar-refractivity contribution in [1.82, 2.24) is 15.3 Å². The van der Waals surface area contributed by atoms with Gasteiger partial charge in [-0.1, -0.05) is 10.3 Å². The van der Waals surface area contributed by atoms with Gasteiger partial charge in [-0.05, 0) is 55.3 Å². The average Bonchev–Trinajstić information content (AvgIpc) is 3.32. The van der Waals surface area contributed by atoms with Gasteiger partial charge >= 0.3 is 5.76 Å². The van der Waals surface area contributed by atoms with E-state index in [0.29, 0.717) is 22.7 Å². The Labute approximate surface area is 152 Å². The number of nitrogens with one attached hydrogen (secondary N) is 2. The van der Waals surface area contributed by atoms with Crippen molar-refractivity contribution in [1.29, 1.82) is 0 Å². The molecule has 5 rings (SSSR count). The number of benzene rings is 2. The number of fused-ring (bicyclic) bond motifs is 1. The predicted octanol–water partition coefficient (Wildman–Crippen LogP) is 3.19. The zero-order valence-corrected chi connectivity index (χ0v) is 14.1. The smallest absolute Gasteiger partial charge is 0.355 e. The largest absolute Gasteiger partial charge is 0.439 e. The minimum atomic E-state index is -0.612. The normalized spacial score (nSPS) is 13.8. The van der Waals surface area contributed by atoms with E-state index in [4.69, 9.17) is 4.52 Å². The molecule has 0 unspecified atom stereocenters. The summed E-state index contributed by atoms with van der Waals surface area (Å²) < 4.78 is 10.1. The molecule has 2 N–H and O–H groups in total. The van der Waals surface area contributed by atoms with E-state index >= 15 is 0 Å². The predicted molar refractivity (Wildman–Crippen MR) is 96.9 cm³/mol. The zero-order valence-electron chi connectivity index (χ0n) is 14.1. The van der Waals surface area contributed by atoms with Crippen molar-refractivity contribution in [2.24, 2.45) is 5.92 Å². The quantitative estimate of drug-likeness (QED) is 0.576. The Morgan fingerprint density at radius 1 is 1.04 bits per heavy atom. The highest BCUT2D eigenvalue weighted by molar-refractivity contribution is 5.96. The van der Waals surface area contributed by atoms with Gasteiger partial charge in [-0.15, -0.1) is 0 Å². The van der Waals surface area contributed by atoms with Gasteiger partial charge in [-0.2, -0.15) is 0 Å². The van der Waals surface area contributed by atoms with E-state index in [1.54, 1.807) is 12.1 Å². The Balaban J connectivity index is 1.48. The lowest BCUT2D eigenvalue weighted by atomic mass is 10.1. The van der Waals surface area contributed by atoms with Crippen molar-refractivity contribution < 1.29 is 13.8 Å². The molecule has 1 aliphatic carbocycles. The molecule has 2 aromatic carbocycles. The number of hydrogen-bond acceptors (Lipinski definition) is 6. The number of hydrogen-bond donors (Lipinski definition) is 2. The number of anilines is 1. The van der Waals surface area contributed by atoms with Crippen LogP contribution in [0.5, 0.6) is 0 Å². The number of aromatic amines is 1. The summed E-state index contributed by atoms with van der Waals surface area (Å²) in [5.41, 5.74) is 2.95. The third kappa shape index (κ3) is 2.91. The minimum Gasteiger partial charge on any atom is -0.355 e. The molecule has 0 spiro atoms. The van der Waals surface area contributed by atoms with Crippen LogP contribution in [0.3, 0.4) is 0 Å². The van der Waals surface area contributed by atoms with Crippen molar-refractivity contribution in [3.05, 3.63) is 53.0 Å². The summed E-state index contributed by atoms with van der Waals surface area (Å²) in [5, 5.41) is 11.5. The second-order valence-electron chi connectivity index (χ2n) is 6.53. The number of H-pyrrole nitrogens is 1. The third-order valence-electron chi connectivity index (χ3n) is 4.55. The van der Waals surface area contributed by atoms with Crippen molar-refractivity contribution >= 4 is 22.5 Å². The number of aromatic nitrogens is 3. The first-order valence-electron chi connectivity index (χ1n) is 8.54. The summed E-state index contributed by atoms with van der Waals surface area (Å²) >= 11 is 0. The molecule has 4 aromatic rings. The first kappa shape index (κ1) is 15.6. The molecule has 0 saturated heterocycles. The molecular weight excluding hydrogens is 348 g/mol. The topological polar surface area (TPSA) is 114 Å². The first-order valence-corrected chi connectivity index (χ1v) is 8.54. The summed E-state index contributed by atoms with van der Waals surface area (Å²) in [4.78, 5) is 25.6. The van der Waals surface area contributed by atoms with Gasteiger partial charge in [0.2, 0.25) is 5.91 Å². The van der Waals surface area contributed by atoms with Crippen molar-refractivity contribution in [3.63, 3.8) is 0 Å². The second-order valence-corrected chi connectivity index (χ2v) is 6.53. The van der Waals surface area contributed by atoms with Crippen LogP contribution in [0.1, 0.15) is 12.8 Å². The van der Waals surface area contributed by atoms with Gasteiger partial charge in [0, 0.05) is 22.7 Å². The Hall–Kier alpha value is -3.68. The maximum absolute atomic E-state index is 11.9. The summed E-state index contributed by atoms with van der Waals surface area (Å²) in [6, 6.07) is 12.8. The van der Waals surface area contributed by atoms with Gasteiger partial charge < -0.3 is 9.84 Å². The van der Waals surface area contributed by atoms with Gasteiger partial charge in [0.25, 0.3) is 0 Å². The van der Waals surface area contributed by atoms with Gasteiger partial charge in [-0.3, -0.25) is 14.3 Å². The van der Waals surface area contributed by atoms with Crippen LogP contribution in [-0.4, -0.2) is 21.2 Å². The summed E-state index contributed by atoms with van der Waals surface area (Å²) in [6.07, 6.45) is 1.93. The van der Waals surface area contributed by atoms with Crippen molar-refractivity contribution in [3.8, 4) is 22.7 Å². The molecule has 2 aromatic heterocycles. The third-order valence-corrected chi connectivity index (χ3v) is 4.55. The second kappa shape index (κ2) is 5.94. The van der Waals surface area contributed by atoms with Crippen LogP contribution in [0.4, 0.5) is 5.69 Å². The lowest BCUT2D eigenvalue weighted by molar-refractivity contribution is -0.117. The van der Waals surface area contributed by atoms with Crippen molar-refractivity contribution in [2.75, 3.05) is 5.32 Å². The molecule has 0 bridgehead atoms.